The van der Waals surface area contributed by atoms with Crippen molar-refractivity contribution in [3.05, 3.63) is 47.0 Å². The number of nitrogens with zero attached hydrogens (tertiary/aromatic N) is 4. The van der Waals surface area contributed by atoms with E-state index in [0.717, 1.165) is 10.4 Å². The summed E-state index contributed by atoms with van der Waals surface area (Å²) in [5.41, 5.74) is 1.67. The monoisotopic (exact) mass is 432 g/mol. The van der Waals surface area contributed by atoms with Crippen LogP contribution in [0.4, 0.5) is 15.6 Å². The molecule has 0 aliphatic carbocycles. The Kier molecular flexibility index (Phi) is 6.75. The third kappa shape index (κ3) is 5.48. The van der Waals surface area contributed by atoms with Gasteiger partial charge in [-0.25, -0.2) is 9.78 Å². The number of hydrogen-bond donors (Lipinski definition) is 3. The topological polar surface area (TPSA) is 94.0 Å². The average molecular weight is 433 g/mol. The summed E-state index contributed by atoms with van der Waals surface area (Å²) in [5, 5.41) is 13.7. The number of urea groups is 1. The molecule has 0 saturated carbocycles. The zero-order chi connectivity index (χ0) is 21.0. The van der Waals surface area contributed by atoms with Crippen LogP contribution in [0.1, 0.15) is 35.4 Å². The SMILES string of the molecule is Cc1ccc(NC(=O)Nc2ncc(C(S)c3nncn3C)s2)c(OCC(C)C)c1. The smallest absolute Gasteiger partial charge is 0.325 e. The number of rotatable bonds is 7. The number of carbonyl (C=O) groups excluding carboxylic acids is 1. The zero-order valence-corrected chi connectivity index (χ0v) is 18.4. The molecule has 2 aromatic heterocycles. The number of thiazole rings is 1. The van der Waals surface area contributed by atoms with Crippen LogP contribution in [0, 0.1) is 12.8 Å². The first kappa shape index (κ1) is 21.1. The van der Waals surface area contributed by atoms with Crippen LogP contribution in [0.3, 0.4) is 0 Å². The van der Waals surface area contributed by atoms with Crippen LogP contribution in [0.15, 0.2) is 30.7 Å². The fourth-order valence-electron chi connectivity index (χ4n) is 2.50. The van der Waals surface area contributed by atoms with Crippen molar-refractivity contribution in [2.75, 3.05) is 17.2 Å². The van der Waals surface area contributed by atoms with Gasteiger partial charge in [0.2, 0.25) is 0 Å². The molecule has 0 radical (unpaired) electrons. The zero-order valence-electron chi connectivity index (χ0n) is 16.7. The van der Waals surface area contributed by atoms with E-state index in [1.165, 1.54) is 11.3 Å². The first-order chi connectivity index (χ1) is 13.8. The van der Waals surface area contributed by atoms with E-state index >= 15 is 0 Å². The molecule has 29 heavy (non-hydrogen) atoms. The Labute approximate surface area is 179 Å². The highest BCUT2D eigenvalue weighted by Gasteiger charge is 2.19. The molecule has 154 valence electrons. The number of anilines is 2. The number of ether oxygens (including phenoxy) is 1. The molecule has 0 spiro atoms. The van der Waals surface area contributed by atoms with Crippen molar-refractivity contribution < 1.29 is 9.53 Å². The Morgan fingerprint density at radius 3 is 2.83 bits per heavy atom. The van der Waals surface area contributed by atoms with Gasteiger partial charge in [0.15, 0.2) is 11.0 Å². The van der Waals surface area contributed by atoms with Crippen molar-refractivity contribution in [3.63, 3.8) is 0 Å². The number of carbonyl (C=O) groups is 1. The maximum atomic E-state index is 12.5. The van der Waals surface area contributed by atoms with Crippen molar-refractivity contribution in [1.29, 1.82) is 0 Å². The minimum Gasteiger partial charge on any atom is -0.491 e. The molecule has 1 unspecified atom stereocenters. The van der Waals surface area contributed by atoms with Crippen molar-refractivity contribution in [3.8, 4) is 5.75 Å². The third-order valence-electron chi connectivity index (χ3n) is 3.96. The van der Waals surface area contributed by atoms with Gasteiger partial charge in [-0.15, -0.1) is 21.5 Å². The molecule has 0 bridgehead atoms. The Morgan fingerprint density at radius 2 is 2.14 bits per heavy atom. The molecule has 1 aromatic carbocycles. The van der Waals surface area contributed by atoms with Crippen molar-refractivity contribution in [1.82, 2.24) is 19.7 Å². The lowest BCUT2D eigenvalue weighted by molar-refractivity contribution is 0.260. The molecule has 2 heterocycles. The number of nitrogens with one attached hydrogen (secondary N) is 2. The van der Waals surface area contributed by atoms with Crippen LogP contribution in [0.25, 0.3) is 0 Å². The Balaban J connectivity index is 1.66. The summed E-state index contributed by atoms with van der Waals surface area (Å²) in [6.07, 6.45) is 3.29. The molecular weight excluding hydrogens is 408 g/mol. The second kappa shape index (κ2) is 9.27. The minimum atomic E-state index is -0.390. The molecule has 0 fully saturated rings. The Morgan fingerprint density at radius 1 is 1.34 bits per heavy atom. The van der Waals surface area contributed by atoms with Gasteiger partial charge in [-0.3, -0.25) is 5.32 Å². The van der Waals surface area contributed by atoms with E-state index in [-0.39, 0.29) is 5.25 Å². The fraction of sp³-hybridized carbons (Fsp3) is 0.368. The molecular formula is C19H24N6O2S2. The highest BCUT2D eigenvalue weighted by atomic mass is 32.1. The second-order valence-electron chi connectivity index (χ2n) is 7.05. The normalized spacial score (nSPS) is 12.1. The molecule has 3 rings (SSSR count). The molecule has 2 amide bonds. The first-order valence-corrected chi connectivity index (χ1v) is 10.5. The number of benzene rings is 1. The number of thiol groups is 1. The standard InChI is InChI=1S/C19H24N6O2S2/c1-11(2)9-27-14-7-12(3)5-6-13(14)22-18(26)23-19-20-8-15(29-19)16(28)17-24-21-10-25(17)4/h5-8,10-11,16,28H,9H2,1-4H3,(H2,20,22,23,26). The van der Waals surface area contributed by atoms with Crippen LogP contribution in [0.2, 0.25) is 0 Å². The number of amides is 2. The predicted octanol–water partition coefficient (Wildman–Crippen LogP) is 4.28. The lowest BCUT2D eigenvalue weighted by Gasteiger charge is -2.14. The highest BCUT2D eigenvalue weighted by molar-refractivity contribution is 7.81. The van der Waals surface area contributed by atoms with Gasteiger partial charge in [-0.1, -0.05) is 19.9 Å². The molecule has 0 aliphatic rings. The first-order valence-electron chi connectivity index (χ1n) is 9.12. The van der Waals surface area contributed by atoms with Gasteiger partial charge in [0.05, 0.1) is 17.5 Å². The van der Waals surface area contributed by atoms with E-state index in [0.29, 0.717) is 34.9 Å². The molecule has 3 aromatic rings. The highest BCUT2D eigenvalue weighted by Crippen LogP contribution is 2.33. The van der Waals surface area contributed by atoms with Gasteiger partial charge in [-0.05, 0) is 30.5 Å². The molecule has 8 nitrogen and oxygen atoms in total. The van der Waals surface area contributed by atoms with Gasteiger partial charge in [0.25, 0.3) is 0 Å². The van der Waals surface area contributed by atoms with Crippen LogP contribution in [-0.2, 0) is 7.05 Å². The van der Waals surface area contributed by atoms with E-state index in [2.05, 4.69) is 52.3 Å². The summed E-state index contributed by atoms with van der Waals surface area (Å²) < 4.78 is 7.64. The van der Waals surface area contributed by atoms with Crippen LogP contribution >= 0.6 is 24.0 Å². The second-order valence-corrected chi connectivity index (χ2v) is 8.63. The summed E-state index contributed by atoms with van der Waals surface area (Å²) >= 11 is 5.93. The lowest BCUT2D eigenvalue weighted by atomic mass is 10.2. The van der Waals surface area contributed by atoms with E-state index in [9.17, 15) is 4.79 Å². The van der Waals surface area contributed by atoms with Crippen molar-refractivity contribution >= 4 is 40.8 Å². The quantitative estimate of drug-likeness (QED) is 0.485. The fourth-order valence-corrected chi connectivity index (χ4v) is 3.75. The summed E-state index contributed by atoms with van der Waals surface area (Å²) in [6.45, 7) is 6.70. The largest absolute Gasteiger partial charge is 0.491 e. The van der Waals surface area contributed by atoms with Crippen molar-refractivity contribution in [2.24, 2.45) is 13.0 Å². The summed E-state index contributed by atoms with van der Waals surface area (Å²) in [6, 6.07) is 5.27. The maximum Gasteiger partial charge on any atom is 0.325 e. The third-order valence-corrected chi connectivity index (χ3v) is 5.62. The summed E-state index contributed by atoms with van der Waals surface area (Å²) in [7, 11) is 1.85. The van der Waals surface area contributed by atoms with Crippen LogP contribution in [0.5, 0.6) is 5.75 Å². The van der Waals surface area contributed by atoms with Gasteiger partial charge >= 0.3 is 6.03 Å². The summed E-state index contributed by atoms with van der Waals surface area (Å²) in [5.74, 6) is 1.74. The van der Waals surface area contributed by atoms with Gasteiger partial charge in [-0.2, -0.15) is 12.6 Å². The molecule has 1 atom stereocenters. The number of aromatic nitrogens is 4. The van der Waals surface area contributed by atoms with Crippen molar-refractivity contribution in [2.45, 2.75) is 26.0 Å². The predicted molar refractivity (Wildman–Crippen MR) is 118 cm³/mol. The molecule has 2 N–H and O–H groups in total. The Hall–Kier alpha value is -2.59. The van der Waals surface area contributed by atoms with E-state index < -0.39 is 6.03 Å². The number of aryl methyl sites for hydroxylation is 2. The molecule has 0 aliphatic heterocycles. The average Bonchev–Trinajstić information content (AvgIpc) is 3.30. The van der Waals surface area contributed by atoms with Gasteiger partial charge in [0.1, 0.15) is 12.1 Å². The van der Waals surface area contributed by atoms with Gasteiger partial charge in [0, 0.05) is 18.1 Å². The maximum absolute atomic E-state index is 12.5. The van der Waals surface area contributed by atoms with Crippen LogP contribution in [-0.4, -0.2) is 32.4 Å². The Bertz CT molecular complexity index is 985. The summed E-state index contributed by atoms with van der Waals surface area (Å²) in [4.78, 5) is 17.6. The van der Waals surface area contributed by atoms with Gasteiger partial charge < -0.3 is 14.6 Å². The minimum absolute atomic E-state index is 0.272. The van der Waals surface area contributed by atoms with E-state index in [1.54, 1.807) is 17.1 Å². The van der Waals surface area contributed by atoms with E-state index in [1.807, 2.05) is 32.2 Å². The van der Waals surface area contributed by atoms with Crippen LogP contribution < -0.4 is 15.4 Å². The molecule has 0 saturated heterocycles. The number of hydrogen-bond acceptors (Lipinski definition) is 7. The molecule has 10 heteroatoms. The van der Waals surface area contributed by atoms with E-state index in [4.69, 9.17) is 4.74 Å². The lowest BCUT2D eigenvalue weighted by Crippen LogP contribution is -2.20.